The standard InChI is InChI=1S/C21H23NO4/c1-3-4-13-26-21(24)19(15-16-9-8-12-18(14-16)25-2)22-20(23)17-10-6-5-7-11-17/h5-12,14-15H,3-4,13H2,1-2H3,(H,22,23)/b19-15-. The zero-order chi connectivity index (χ0) is 18.8. The third kappa shape index (κ3) is 5.77. The number of carbonyl (C=O) groups is 2. The average molecular weight is 353 g/mol. The van der Waals surface area contributed by atoms with Crippen LogP contribution in [0.3, 0.4) is 0 Å². The molecule has 0 spiro atoms. The summed E-state index contributed by atoms with van der Waals surface area (Å²) in [5.74, 6) is -0.274. The molecule has 0 heterocycles. The smallest absolute Gasteiger partial charge is 0.354 e. The van der Waals surface area contributed by atoms with Gasteiger partial charge in [-0.1, -0.05) is 43.7 Å². The van der Waals surface area contributed by atoms with Gasteiger partial charge in [0.1, 0.15) is 11.4 Å². The Kier molecular flexibility index (Phi) is 7.43. The molecule has 0 saturated heterocycles. The van der Waals surface area contributed by atoms with E-state index in [0.717, 1.165) is 18.4 Å². The Balaban J connectivity index is 2.24. The van der Waals surface area contributed by atoms with Crippen molar-refractivity contribution < 1.29 is 19.1 Å². The quantitative estimate of drug-likeness (QED) is 0.445. The van der Waals surface area contributed by atoms with E-state index in [1.54, 1.807) is 49.6 Å². The number of amides is 1. The zero-order valence-electron chi connectivity index (χ0n) is 15.0. The summed E-state index contributed by atoms with van der Waals surface area (Å²) in [6, 6.07) is 15.9. The van der Waals surface area contributed by atoms with Gasteiger partial charge in [-0.3, -0.25) is 4.79 Å². The minimum Gasteiger partial charge on any atom is -0.497 e. The summed E-state index contributed by atoms with van der Waals surface area (Å²) < 4.78 is 10.5. The summed E-state index contributed by atoms with van der Waals surface area (Å²) in [5, 5.41) is 2.65. The first-order chi connectivity index (χ1) is 12.6. The van der Waals surface area contributed by atoms with E-state index in [1.165, 1.54) is 0 Å². The van der Waals surface area contributed by atoms with Gasteiger partial charge in [0.05, 0.1) is 13.7 Å². The van der Waals surface area contributed by atoms with Gasteiger partial charge in [-0.05, 0) is 42.3 Å². The molecule has 136 valence electrons. The third-order valence-corrected chi connectivity index (χ3v) is 3.64. The second kappa shape index (κ2) is 10.0. The predicted octanol–water partition coefficient (Wildman–Crippen LogP) is 3.81. The largest absolute Gasteiger partial charge is 0.497 e. The van der Waals surface area contributed by atoms with Gasteiger partial charge < -0.3 is 14.8 Å². The van der Waals surface area contributed by atoms with Crippen molar-refractivity contribution in [2.24, 2.45) is 0 Å². The lowest BCUT2D eigenvalue weighted by Gasteiger charge is -2.11. The first kappa shape index (κ1) is 19.2. The molecule has 26 heavy (non-hydrogen) atoms. The Hall–Kier alpha value is -3.08. The molecule has 0 unspecified atom stereocenters. The summed E-state index contributed by atoms with van der Waals surface area (Å²) >= 11 is 0. The number of hydrogen-bond donors (Lipinski definition) is 1. The van der Waals surface area contributed by atoms with Crippen LogP contribution in [-0.2, 0) is 9.53 Å². The molecule has 0 aliphatic heterocycles. The fourth-order valence-corrected chi connectivity index (χ4v) is 2.21. The number of esters is 1. The number of unbranched alkanes of at least 4 members (excludes halogenated alkanes) is 1. The van der Waals surface area contributed by atoms with Crippen LogP contribution in [0.5, 0.6) is 5.75 Å². The molecule has 5 heteroatoms. The Morgan fingerprint density at radius 1 is 1.08 bits per heavy atom. The van der Waals surface area contributed by atoms with Gasteiger partial charge in [0.15, 0.2) is 0 Å². The van der Waals surface area contributed by atoms with Gasteiger partial charge in [-0.2, -0.15) is 0 Å². The molecule has 5 nitrogen and oxygen atoms in total. The van der Waals surface area contributed by atoms with Crippen molar-refractivity contribution in [3.8, 4) is 5.75 Å². The first-order valence-corrected chi connectivity index (χ1v) is 8.53. The van der Waals surface area contributed by atoms with Crippen LogP contribution < -0.4 is 10.1 Å². The number of carbonyl (C=O) groups excluding carboxylic acids is 2. The van der Waals surface area contributed by atoms with Crippen molar-refractivity contribution in [1.29, 1.82) is 0 Å². The Bertz CT molecular complexity index is 769. The fraction of sp³-hybridized carbons (Fsp3) is 0.238. The molecule has 2 aromatic rings. The van der Waals surface area contributed by atoms with Crippen LogP contribution in [0.15, 0.2) is 60.3 Å². The van der Waals surface area contributed by atoms with E-state index in [-0.39, 0.29) is 11.6 Å². The fourth-order valence-electron chi connectivity index (χ4n) is 2.21. The molecule has 0 atom stereocenters. The number of ether oxygens (including phenoxy) is 2. The molecule has 0 aliphatic carbocycles. The minimum atomic E-state index is -0.564. The normalized spacial score (nSPS) is 10.9. The van der Waals surface area contributed by atoms with Crippen molar-refractivity contribution in [2.75, 3.05) is 13.7 Å². The zero-order valence-corrected chi connectivity index (χ0v) is 15.0. The highest BCUT2D eigenvalue weighted by atomic mass is 16.5. The topological polar surface area (TPSA) is 64.6 Å². The van der Waals surface area contributed by atoms with E-state index in [9.17, 15) is 9.59 Å². The lowest BCUT2D eigenvalue weighted by Crippen LogP contribution is -2.28. The molecule has 0 aliphatic rings. The van der Waals surface area contributed by atoms with Gasteiger partial charge in [0.2, 0.25) is 0 Å². The summed E-state index contributed by atoms with van der Waals surface area (Å²) in [6.07, 6.45) is 3.26. The van der Waals surface area contributed by atoms with Gasteiger partial charge in [-0.15, -0.1) is 0 Å². The summed E-state index contributed by atoms with van der Waals surface area (Å²) in [7, 11) is 1.57. The predicted molar refractivity (Wildman–Crippen MR) is 101 cm³/mol. The molecular weight excluding hydrogens is 330 g/mol. The molecule has 0 bridgehead atoms. The van der Waals surface area contributed by atoms with E-state index in [0.29, 0.717) is 17.9 Å². The van der Waals surface area contributed by atoms with Crippen molar-refractivity contribution in [1.82, 2.24) is 5.32 Å². The van der Waals surface area contributed by atoms with Crippen molar-refractivity contribution in [2.45, 2.75) is 19.8 Å². The maximum absolute atomic E-state index is 12.4. The van der Waals surface area contributed by atoms with Crippen LogP contribution in [0.25, 0.3) is 6.08 Å². The Labute approximate surface area is 153 Å². The maximum Gasteiger partial charge on any atom is 0.354 e. The van der Waals surface area contributed by atoms with Crippen LogP contribution in [0, 0.1) is 0 Å². The molecule has 0 saturated carbocycles. The van der Waals surface area contributed by atoms with Gasteiger partial charge >= 0.3 is 5.97 Å². The average Bonchev–Trinajstić information content (AvgIpc) is 2.68. The van der Waals surface area contributed by atoms with Crippen LogP contribution in [-0.4, -0.2) is 25.6 Å². The second-order valence-corrected chi connectivity index (χ2v) is 5.64. The number of nitrogens with one attached hydrogen (secondary N) is 1. The molecular formula is C21H23NO4. The van der Waals surface area contributed by atoms with Crippen LogP contribution in [0.2, 0.25) is 0 Å². The molecule has 0 aromatic heterocycles. The molecule has 0 radical (unpaired) electrons. The van der Waals surface area contributed by atoms with Gasteiger partial charge in [0, 0.05) is 5.56 Å². The van der Waals surface area contributed by atoms with Crippen molar-refractivity contribution in [3.05, 3.63) is 71.4 Å². The van der Waals surface area contributed by atoms with E-state index >= 15 is 0 Å². The van der Waals surface area contributed by atoms with Crippen molar-refractivity contribution >= 4 is 18.0 Å². The lowest BCUT2D eigenvalue weighted by atomic mass is 10.1. The molecule has 2 rings (SSSR count). The highest BCUT2D eigenvalue weighted by Crippen LogP contribution is 2.15. The van der Waals surface area contributed by atoms with Crippen LogP contribution in [0.1, 0.15) is 35.7 Å². The molecule has 2 aromatic carbocycles. The van der Waals surface area contributed by atoms with E-state index in [1.807, 2.05) is 25.1 Å². The molecule has 1 N–H and O–H groups in total. The van der Waals surface area contributed by atoms with Crippen molar-refractivity contribution in [3.63, 3.8) is 0 Å². The SMILES string of the molecule is CCCCOC(=O)/C(=C/c1cccc(OC)c1)NC(=O)c1ccccc1. The highest BCUT2D eigenvalue weighted by molar-refractivity contribution is 6.03. The summed E-state index contributed by atoms with van der Waals surface area (Å²) in [4.78, 5) is 24.8. The monoisotopic (exact) mass is 353 g/mol. The van der Waals surface area contributed by atoms with Crippen LogP contribution in [0.4, 0.5) is 0 Å². The summed E-state index contributed by atoms with van der Waals surface area (Å²) in [5.41, 5.74) is 1.27. The Morgan fingerprint density at radius 2 is 1.85 bits per heavy atom. The number of rotatable bonds is 8. The lowest BCUT2D eigenvalue weighted by molar-refractivity contribution is -0.139. The van der Waals surface area contributed by atoms with Crippen LogP contribution >= 0.6 is 0 Å². The number of methoxy groups -OCH3 is 1. The highest BCUT2D eigenvalue weighted by Gasteiger charge is 2.16. The second-order valence-electron chi connectivity index (χ2n) is 5.64. The van der Waals surface area contributed by atoms with E-state index in [4.69, 9.17) is 9.47 Å². The third-order valence-electron chi connectivity index (χ3n) is 3.64. The Morgan fingerprint density at radius 3 is 2.54 bits per heavy atom. The van der Waals surface area contributed by atoms with Gasteiger partial charge in [-0.25, -0.2) is 4.79 Å². The first-order valence-electron chi connectivity index (χ1n) is 8.53. The van der Waals surface area contributed by atoms with E-state index in [2.05, 4.69) is 5.32 Å². The number of benzene rings is 2. The maximum atomic E-state index is 12.4. The molecule has 1 amide bonds. The number of hydrogen-bond acceptors (Lipinski definition) is 4. The van der Waals surface area contributed by atoms with E-state index < -0.39 is 5.97 Å². The minimum absolute atomic E-state index is 0.0863. The molecule has 0 fully saturated rings. The van der Waals surface area contributed by atoms with Gasteiger partial charge in [0.25, 0.3) is 5.91 Å². The summed E-state index contributed by atoms with van der Waals surface area (Å²) in [6.45, 7) is 2.32.